The van der Waals surface area contributed by atoms with Crippen molar-refractivity contribution in [2.45, 2.75) is 57.0 Å². The van der Waals surface area contributed by atoms with Crippen LogP contribution < -0.4 is 5.32 Å². The fourth-order valence-electron chi connectivity index (χ4n) is 6.07. The van der Waals surface area contributed by atoms with Crippen molar-refractivity contribution < 1.29 is 9.90 Å². The van der Waals surface area contributed by atoms with Gasteiger partial charge in [-0.2, -0.15) is 0 Å². The van der Waals surface area contributed by atoms with E-state index in [0.717, 1.165) is 37.7 Å². The van der Waals surface area contributed by atoms with Crippen molar-refractivity contribution in [3.63, 3.8) is 0 Å². The first kappa shape index (κ1) is 17.6. The molecule has 2 unspecified atom stereocenters. The second-order valence-electron chi connectivity index (χ2n) is 8.70. The molecule has 0 radical (unpaired) electrons. The molecule has 5 rings (SSSR count). The Morgan fingerprint density at radius 3 is 2.56 bits per heavy atom. The number of nitrogens with one attached hydrogen (secondary N) is 1. The minimum absolute atomic E-state index is 0.0286. The smallest absolute Gasteiger partial charge is 0.220 e. The minimum atomic E-state index is -0.499. The van der Waals surface area contributed by atoms with Gasteiger partial charge in [0.2, 0.25) is 5.91 Å². The van der Waals surface area contributed by atoms with Crippen LogP contribution >= 0.6 is 23.2 Å². The lowest BCUT2D eigenvalue weighted by molar-refractivity contribution is -0.169. The van der Waals surface area contributed by atoms with Crippen molar-refractivity contribution >= 4 is 29.1 Å². The van der Waals surface area contributed by atoms with Crippen molar-refractivity contribution in [2.75, 3.05) is 6.54 Å². The Balaban J connectivity index is 1.32. The lowest BCUT2D eigenvalue weighted by Crippen LogP contribution is -2.56. The van der Waals surface area contributed by atoms with Gasteiger partial charge < -0.3 is 10.4 Å². The number of halogens is 2. The summed E-state index contributed by atoms with van der Waals surface area (Å²) >= 11 is 12.1. The number of amides is 1. The summed E-state index contributed by atoms with van der Waals surface area (Å²) in [6.45, 7) is 0.577. The van der Waals surface area contributed by atoms with Crippen LogP contribution in [0.25, 0.3) is 0 Å². The highest BCUT2D eigenvalue weighted by atomic mass is 35.5. The van der Waals surface area contributed by atoms with Gasteiger partial charge in [0.25, 0.3) is 0 Å². The van der Waals surface area contributed by atoms with Crippen LogP contribution in [0.3, 0.4) is 0 Å². The second-order valence-corrected chi connectivity index (χ2v) is 9.54. The molecule has 4 fully saturated rings. The van der Waals surface area contributed by atoms with E-state index in [1.807, 2.05) is 12.1 Å². The van der Waals surface area contributed by atoms with Crippen molar-refractivity contribution in [1.82, 2.24) is 5.32 Å². The Morgan fingerprint density at radius 1 is 1.20 bits per heavy atom. The van der Waals surface area contributed by atoms with Gasteiger partial charge >= 0.3 is 0 Å². The highest BCUT2D eigenvalue weighted by Gasteiger charge is 2.57. The number of hydrogen-bond donors (Lipinski definition) is 2. The Labute approximate surface area is 159 Å². The lowest BCUT2D eigenvalue weighted by Gasteiger charge is -2.60. The van der Waals surface area contributed by atoms with Crippen LogP contribution in [0.1, 0.15) is 50.5 Å². The molecule has 0 aliphatic heterocycles. The third-order valence-electron chi connectivity index (χ3n) is 6.42. The molecule has 25 heavy (non-hydrogen) atoms. The fraction of sp³-hybridized carbons (Fsp3) is 0.650. The predicted molar refractivity (Wildman–Crippen MR) is 99.9 cm³/mol. The number of rotatable bonds is 5. The molecule has 136 valence electrons. The zero-order valence-electron chi connectivity index (χ0n) is 14.4. The summed E-state index contributed by atoms with van der Waals surface area (Å²) in [4.78, 5) is 12.5. The third-order valence-corrected chi connectivity index (χ3v) is 7.01. The summed E-state index contributed by atoms with van der Waals surface area (Å²) in [6.07, 6.45) is 7.43. The van der Waals surface area contributed by atoms with Crippen LogP contribution in [0, 0.1) is 17.3 Å². The summed E-state index contributed by atoms with van der Waals surface area (Å²) in [5.41, 5.74) is 0.526. The van der Waals surface area contributed by atoms with Gasteiger partial charge in [-0.1, -0.05) is 29.3 Å². The molecule has 3 nitrogen and oxygen atoms in total. The SMILES string of the molecule is O=C(CC12C[C@@H]3C[C@@H](CC(O)(C3)C1)C2)NCCc1ccc(Cl)cc1Cl. The zero-order valence-corrected chi connectivity index (χ0v) is 15.9. The van der Waals surface area contributed by atoms with Gasteiger partial charge in [0.1, 0.15) is 0 Å². The van der Waals surface area contributed by atoms with E-state index in [2.05, 4.69) is 5.32 Å². The summed E-state index contributed by atoms with van der Waals surface area (Å²) in [5, 5.41) is 15.1. The van der Waals surface area contributed by atoms with E-state index in [0.29, 0.717) is 41.3 Å². The molecule has 4 saturated carbocycles. The Hall–Kier alpha value is -0.770. The molecule has 1 aromatic rings. The zero-order chi connectivity index (χ0) is 17.7. The van der Waals surface area contributed by atoms with E-state index in [4.69, 9.17) is 23.2 Å². The van der Waals surface area contributed by atoms with Gasteiger partial charge in [-0.05, 0) is 79.9 Å². The molecule has 4 atom stereocenters. The van der Waals surface area contributed by atoms with Crippen LogP contribution in [0.2, 0.25) is 10.0 Å². The van der Waals surface area contributed by atoms with Gasteiger partial charge in [0.15, 0.2) is 0 Å². The first-order valence-corrected chi connectivity index (χ1v) is 10.0. The standard InChI is InChI=1S/C20H25Cl2NO2/c21-16-2-1-15(17(22)6-16)3-4-23-18(24)11-19-7-13-5-14(8-19)10-20(25,9-13)12-19/h1-2,6,13-14,25H,3-5,7-12H2,(H,23,24)/t13-,14+,19?,20?. The van der Waals surface area contributed by atoms with Crippen molar-refractivity contribution in [3.8, 4) is 0 Å². The number of carbonyl (C=O) groups excluding carboxylic acids is 1. The fourth-order valence-corrected chi connectivity index (χ4v) is 6.58. The molecule has 5 heteroatoms. The average Bonchev–Trinajstić information content (AvgIpc) is 2.46. The molecule has 1 aromatic carbocycles. The molecule has 0 aromatic heterocycles. The molecular formula is C20H25Cl2NO2. The monoisotopic (exact) mass is 381 g/mol. The largest absolute Gasteiger partial charge is 0.390 e. The molecule has 4 aliphatic rings. The minimum Gasteiger partial charge on any atom is -0.390 e. The van der Waals surface area contributed by atoms with E-state index >= 15 is 0 Å². The van der Waals surface area contributed by atoms with Gasteiger partial charge in [-0.15, -0.1) is 0 Å². The van der Waals surface area contributed by atoms with Crippen LogP contribution in [-0.2, 0) is 11.2 Å². The number of aliphatic hydroxyl groups is 1. The van der Waals surface area contributed by atoms with Crippen molar-refractivity contribution in [2.24, 2.45) is 17.3 Å². The Bertz CT molecular complexity index is 676. The number of carbonyl (C=O) groups is 1. The molecule has 1 amide bonds. The van der Waals surface area contributed by atoms with E-state index in [9.17, 15) is 9.90 Å². The van der Waals surface area contributed by atoms with Crippen LogP contribution in [0.4, 0.5) is 0 Å². The summed E-state index contributed by atoms with van der Waals surface area (Å²) in [7, 11) is 0. The Kier molecular flexibility index (Phi) is 4.54. The van der Waals surface area contributed by atoms with Crippen molar-refractivity contribution in [1.29, 1.82) is 0 Å². The summed E-state index contributed by atoms with van der Waals surface area (Å²) in [5.74, 6) is 1.34. The maximum absolute atomic E-state index is 12.5. The highest BCUT2D eigenvalue weighted by Crippen LogP contribution is 2.62. The highest BCUT2D eigenvalue weighted by molar-refractivity contribution is 6.35. The average molecular weight is 382 g/mol. The van der Waals surface area contributed by atoms with Crippen LogP contribution in [0.5, 0.6) is 0 Å². The van der Waals surface area contributed by atoms with Gasteiger partial charge in [-0.25, -0.2) is 0 Å². The Morgan fingerprint density at radius 2 is 1.92 bits per heavy atom. The molecular weight excluding hydrogens is 357 g/mol. The van der Waals surface area contributed by atoms with Crippen LogP contribution in [-0.4, -0.2) is 23.2 Å². The third kappa shape index (κ3) is 3.70. The van der Waals surface area contributed by atoms with Crippen LogP contribution in [0.15, 0.2) is 18.2 Å². The van der Waals surface area contributed by atoms with Crippen molar-refractivity contribution in [3.05, 3.63) is 33.8 Å². The molecule has 4 bridgehead atoms. The molecule has 0 heterocycles. The first-order chi connectivity index (χ1) is 11.8. The van der Waals surface area contributed by atoms with Gasteiger partial charge in [0.05, 0.1) is 5.60 Å². The van der Waals surface area contributed by atoms with Gasteiger partial charge in [-0.3, -0.25) is 4.79 Å². The maximum Gasteiger partial charge on any atom is 0.220 e. The predicted octanol–water partition coefficient (Wildman–Crippen LogP) is 4.37. The summed E-state index contributed by atoms with van der Waals surface area (Å²) < 4.78 is 0. The van der Waals surface area contributed by atoms with E-state index in [-0.39, 0.29) is 11.3 Å². The number of benzene rings is 1. The topological polar surface area (TPSA) is 49.3 Å². The second kappa shape index (κ2) is 6.44. The van der Waals surface area contributed by atoms with E-state index in [1.165, 1.54) is 6.42 Å². The first-order valence-electron chi connectivity index (χ1n) is 9.28. The normalized spacial score (nSPS) is 35.8. The van der Waals surface area contributed by atoms with E-state index < -0.39 is 5.60 Å². The maximum atomic E-state index is 12.5. The molecule has 0 spiro atoms. The molecule has 2 N–H and O–H groups in total. The quantitative estimate of drug-likeness (QED) is 0.794. The molecule has 4 aliphatic carbocycles. The van der Waals surface area contributed by atoms with E-state index in [1.54, 1.807) is 6.07 Å². The summed E-state index contributed by atoms with van der Waals surface area (Å²) in [6, 6.07) is 5.46. The lowest BCUT2D eigenvalue weighted by atomic mass is 9.47. The van der Waals surface area contributed by atoms with Gasteiger partial charge in [0, 0.05) is 23.0 Å². The number of hydrogen-bond acceptors (Lipinski definition) is 2. The molecule has 0 saturated heterocycles.